The Kier molecular flexibility index (Phi) is 3.85. The Morgan fingerprint density at radius 3 is 2.41 bits per heavy atom. The zero-order valence-corrected chi connectivity index (χ0v) is 11.1. The molecule has 0 aliphatic heterocycles. The Labute approximate surface area is 104 Å². The summed E-state index contributed by atoms with van der Waals surface area (Å²) in [4.78, 5) is 0. The first-order chi connectivity index (χ1) is 8.23. The molecule has 1 saturated carbocycles. The van der Waals surface area contributed by atoms with Gasteiger partial charge in [0.25, 0.3) is 0 Å². The molecule has 2 nitrogen and oxygen atoms in total. The van der Waals surface area contributed by atoms with E-state index in [1.54, 1.807) is 0 Å². The number of aryl methyl sites for hydroxylation is 1. The van der Waals surface area contributed by atoms with Crippen LogP contribution in [0.1, 0.15) is 42.9 Å². The summed E-state index contributed by atoms with van der Waals surface area (Å²) in [5, 5.41) is 3.47. The second kappa shape index (κ2) is 5.19. The van der Waals surface area contributed by atoms with E-state index in [2.05, 4.69) is 36.5 Å². The van der Waals surface area contributed by atoms with Crippen molar-refractivity contribution in [1.82, 2.24) is 5.32 Å². The SMILES string of the molecule is CNC(c1ccccc1C)C1(OC)CCCC1. The van der Waals surface area contributed by atoms with Crippen LogP contribution in [0, 0.1) is 6.92 Å². The zero-order chi connectivity index (χ0) is 12.3. The quantitative estimate of drug-likeness (QED) is 0.862. The molecule has 0 amide bonds. The van der Waals surface area contributed by atoms with Gasteiger partial charge in [0.2, 0.25) is 0 Å². The van der Waals surface area contributed by atoms with Crippen LogP contribution in [-0.4, -0.2) is 19.8 Å². The van der Waals surface area contributed by atoms with Gasteiger partial charge in [-0.25, -0.2) is 0 Å². The summed E-state index contributed by atoms with van der Waals surface area (Å²) in [6.07, 6.45) is 4.86. The van der Waals surface area contributed by atoms with Crippen LogP contribution in [0.3, 0.4) is 0 Å². The summed E-state index contributed by atoms with van der Waals surface area (Å²) >= 11 is 0. The number of rotatable bonds is 4. The fourth-order valence-corrected chi connectivity index (χ4v) is 3.20. The van der Waals surface area contributed by atoms with Gasteiger partial charge in [0, 0.05) is 7.11 Å². The van der Waals surface area contributed by atoms with Gasteiger partial charge in [-0.1, -0.05) is 37.1 Å². The van der Waals surface area contributed by atoms with Crippen LogP contribution < -0.4 is 5.32 Å². The molecule has 0 saturated heterocycles. The summed E-state index contributed by atoms with van der Waals surface area (Å²) in [5.74, 6) is 0. The molecule has 0 aromatic heterocycles. The van der Waals surface area contributed by atoms with E-state index in [-0.39, 0.29) is 5.60 Å². The van der Waals surface area contributed by atoms with E-state index in [0.29, 0.717) is 6.04 Å². The first-order valence-electron chi connectivity index (χ1n) is 6.51. The Morgan fingerprint density at radius 1 is 1.24 bits per heavy atom. The molecule has 2 heteroatoms. The monoisotopic (exact) mass is 233 g/mol. The van der Waals surface area contributed by atoms with Crippen molar-refractivity contribution in [3.05, 3.63) is 35.4 Å². The minimum Gasteiger partial charge on any atom is -0.376 e. The summed E-state index contributed by atoms with van der Waals surface area (Å²) in [6.45, 7) is 2.18. The molecule has 1 aliphatic rings. The molecule has 94 valence electrons. The second-order valence-corrected chi connectivity index (χ2v) is 5.05. The van der Waals surface area contributed by atoms with E-state index in [1.165, 1.54) is 24.0 Å². The van der Waals surface area contributed by atoms with Crippen molar-refractivity contribution < 1.29 is 4.74 Å². The lowest BCUT2D eigenvalue weighted by molar-refractivity contribution is -0.0350. The molecule has 0 heterocycles. The summed E-state index contributed by atoms with van der Waals surface area (Å²) in [7, 11) is 3.89. The van der Waals surface area contributed by atoms with E-state index in [4.69, 9.17) is 4.74 Å². The molecular weight excluding hydrogens is 210 g/mol. The Balaban J connectivity index is 2.36. The molecule has 1 aliphatic carbocycles. The maximum Gasteiger partial charge on any atom is 0.0872 e. The van der Waals surface area contributed by atoms with Crippen LogP contribution in [0.5, 0.6) is 0 Å². The summed E-state index contributed by atoms with van der Waals surface area (Å²) < 4.78 is 5.90. The van der Waals surface area contributed by atoms with Crippen molar-refractivity contribution in [2.24, 2.45) is 0 Å². The van der Waals surface area contributed by atoms with E-state index in [0.717, 1.165) is 12.8 Å². The largest absolute Gasteiger partial charge is 0.376 e. The molecule has 1 fully saturated rings. The van der Waals surface area contributed by atoms with Gasteiger partial charge < -0.3 is 10.1 Å². The highest BCUT2D eigenvalue weighted by Crippen LogP contribution is 2.42. The van der Waals surface area contributed by atoms with Crippen molar-refractivity contribution in [1.29, 1.82) is 0 Å². The number of hydrogen-bond donors (Lipinski definition) is 1. The lowest BCUT2D eigenvalue weighted by atomic mass is 9.85. The number of ether oxygens (including phenoxy) is 1. The molecule has 1 aromatic carbocycles. The van der Waals surface area contributed by atoms with Gasteiger partial charge in [0.05, 0.1) is 11.6 Å². The molecule has 1 N–H and O–H groups in total. The first kappa shape index (κ1) is 12.6. The maximum absolute atomic E-state index is 5.90. The Bertz CT molecular complexity index is 369. The average Bonchev–Trinajstić information content (AvgIpc) is 2.82. The van der Waals surface area contributed by atoms with E-state index >= 15 is 0 Å². The number of hydrogen-bond acceptors (Lipinski definition) is 2. The van der Waals surface area contributed by atoms with Crippen LogP contribution >= 0.6 is 0 Å². The molecule has 0 radical (unpaired) electrons. The predicted molar refractivity (Wildman–Crippen MR) is 71.2 cm³/mol. The molecular formula is C15H23NO. The predicted octanol–water partition coefficient (Wildman–Crippen LogP) is 3.21. The molecule has 1 unspecified atom stereocenters. The van der Waals surface area contributed by atoms with Gasteiger partial charge in [-0.2, -0.15) is 0 Å². The number of methoxy groups -OCH3 is 1. The van der Waals surface area contributed by atoms with Crippen molar-refractivity contribution in [3.63, 3.8) is 0 Å². The third-order valence-corrected chi connectivity index (χ3v) is 4.17. The van der Waals surface area contributed by atoms with Crippen molar-refractivity contribution >= 4 is 0 Å². The molecule has 1 atom stereocenters. The molecule has 1 aromatic rings. The van der Waals surface area contributed by atoms with Gasteiger partial charge in [0.15, 0.2) is 0 Å². The number of benzene rings is 1. The van der Waals surface area contributed by atoms with E-state index in [9.17, 15) is 0 Å². The lowest BCUT2D eigenvalue weighted by Gasteiger charge is -2.37. The summed E-state index contributed by atoms with van der Waals surface area (Å²) in [6, 6.07) is 8.91. The summed E-state index contributed by atoms with van der Waals surface area (Å²) in [5.41, 5.74) is 2.70. The van der Waals surface area contributed by atoms with Gasteiger partial charge in [-0.3, -0.25) is 0 Å². The fourth-order valence-electron chi connectivity index (χ4n) is 3.20. The number of nitrogens with one attached hydrogen (secondary N) is 1. The standard InChI is InChI=1S/C15H23NO/c1-12-8-4-5-9-13(12)14(16-2)15(17-3)10-6-7-11-15/h4-5,8-9,14,16H,6-7,10-11H2,1-3H3. The molecule has 17 heavy (non-hydrogen) atoms. The van der Waals surface area contributed by atoms with Crippen LogP contribution in [0.15, 0.2) is 24.3 Å². The van der Waals surface area contributed by atoms with Gasteiger partial charge in [-0.05, 0) is 37.9 Å². The van der Waals surface area contributed by atoms with Crippen molar-refractivity contribution in [2.75, 3.05) is 14.2 Å². The molecule has 2 rings (SSSR count). The van der Waals surface area contributed by atoms with Crippen molar-refractivity contribution in [2.45, 2.75) is 44.2 Å². The highest BCUT2D eigenvalue weighted by Gasteiger charge is 2.42. The van der Waals surface area contributed by atoms with Crippen LogP contribution in [0.25, 0.3) is 0 Å². The van der Waals surface area contributed by atoms with Crippen molar-refractivity contribution in [3.8, 4) is 0 Å². The minimum atomic E-state index is -0.0130. The van der Waals surface area contributed by atoms with Gasteiger partial charge in [0.1, 0.15) is 0 Å². The molecule has 0 bridgehead atoms. The highest BCUT2D eigenvalue weighted by molar-refractivity contribution is 5.31. The van der Waals surface area contributed by atoms with E-state index < -0.39 is 0 Å². The normalized spacial score (nSPS) is 20.4. The zero-order valence-electron chi connectivity index (χ0n) is 11.1. The van der Waals surface area contributed by atoms with E-state index in [1.807, 2.05) is 14.2 Å². The third kappa shape index (κ3) is 2.24. The maximum atomic E-state index is 5.90. The van der Waals surface area contributed by atoms with Gasteiger partial charge in [-0.15, -0.1) is 0 Å². The van der Waals surface area contributed by atoms with Crippen LogP contribution in [0.2, 0.25) is 0 Å². The second-order valence-electron chi connectivity index (χ2n) is 5.05. The van der Waals surface area contributed by atoms with Gasteiger partial charge >= 0.3 is 0 Å². The molecule has 0 spiro atoms. The third-order valence-electron chi connectivity index (χ3n) is 4.17. The van der Waals surface area contributed by atoms with Crippen LogP contribution in [-0.2, 0) is 4.74 Å². The fraction of sp³-hybridized carbons (Fsp3) is 0.600. The first-order valence-corrected chi connectivity index (χ1v) is 6.51. The minimum absolute atomic E-state index is 0.0130. The van der Waals surface area contributed by atoms with Crippen LogP contribution in [0.4, 0.5) is 0 Å². The Morgan fingerprint density at radius 2 is 1.88 bits per heavy atom. The number of likely N-dealkylation sites (N-methyl/N-ethyl adjacent to an activating group) is 1. The smallest absolute Gasteiger partial charge is 0.0872 e. The average molecular weight is 233 g/mol. The Hall–Kier alpha value is -0.860. The topological polar surface area (TPSA) is 21.3 Å². The lowest BCUT2D eigenvalue weighted by Crippen LogP contribution is -2.42. The highest BCUT2D eigenvalue weighted by atomic mass is 16.5.